The van der Waals surface area contributed by atoms with Crippen LogP contribution in [0.3, 0.4) is 0 Å². The average Bonchev–Trinajstić information content (AvgIpc) is 2.40. The zero-order valence-corrected chi connectivity index (χ0v) is 11.3. The molecule has 0 aliphatic rings. The Balaban J connectivity index is 2.10. The van der Waals surface area contributed by atoms with Gasteiger partial charge in [0, 0.05) is 6.54 Å². The number of anilines is 1. The van der Waals surface area contributed by atoms with Gasteiger partial charge in [0.15, 0.2) is 0 Å². The molecule has 2 aromatic rings. The monoisotopic (exact) mass is 299 g/mol. The summed E-state index contributed by atoms with van der Waals surface area (Å²) in [6.07, 6.45) is -3.79. The summed E-state index contributed by atoms with van der Waals surface area (Å²) < 4.78 is 38.6. The maximum Gasteiger partial charge on any atom is 0.418 e. The molecule has 0 amide bonds. The lowest BCUT2D eigenvalue weighted by atomic mass is 10.1. The zero-order valence-electron chi connectivity index (χ0n) is 10.5. The summed E-state index contributed by atoms with van der Waals surface area (Å²) in [5, 5.41) is 2.86. The molecule has 2 aromatic carbocycles. The van der Waals surface area contributed by atoms with Crippen molar-refractivity contribution in [1.82, 2.24) is 0 Å². The van der Waals surface area contributed by atoms with Crippen LogP contribution < -0.4 is 5.32 Å². The summed E-state index contributed by atoms with van der Waals surface area (Å²) in [6.45, 7) is 0.386. The number of benzene rings is 2. The average molecular weight is 300 g/mol. The number of nitrogens with one attached hydrogen (secondary N) is 1. The van der Waals surface area contributed by atoms with Crippen molar-refractivity contribution in [3.8, 4) is 0 Å². The van der Waals surface area contributed by atoms with Crippen LogP contribution in [0.2, 0.25) is 5.02 Å². The zero-order chi connectivity index (χ0) is 14.6. The van der Waals surface area contributed by atoms with Crippen LogP contribution in [0, 0.1) is 0 Å². The Hall–Kier alpha value is -1.68. The van der Waals surface area contributed by atoms with Gasteiger partial charge >= 0.3 is 6.18 Å². The first kappa shape index (κ1) is 14.7. The van der Waals surface area contributed by atoms with Crippen molar-refractivity contribution in [3.05, 3.63) is 64.7 Å². The standard InChI is InChI=1S/C15H13ClF3N/c16-13-8-4-7-12(15(17,18)19)14(13)20-10-9-11-5-2-1-3-6-11/h1-8,20H,9-10H2. The van der Waals surface area contributed by atoms with Crippen LogP contribution in [0.15, 0.2) is 48.5 Å². The van der Waals surface area contributed by atoms with Gasteiger partial charge in [-0.3, -0.25) is 0 Å². The van der Waals surface area contributed by atoms with Crippen LogP contribution >= 0.6 is 11.6 Å². The number of alkyl halides is 3. The van der Waals surface area contributed by atoms with Gasteiger partial charge in [0.25, 0.3) is 0 Å². The predicted octanol–water partition coefficient (Wildman–Crippen LogP) is 5.01. The van der Waals surface area contributed by atoms with E-state index in [9.17, 15) is 13.2 Å². The maximum absolute atomic E-state index is 12.9. The molecule has 0 spiro atoms. The third-order valence-corrected chi connectivity index (χ3v) is 3.19. The molecule has 1 nitrogen and oxygen atoms in total. The molecule has 0 aliphatic carbocycles. The molecule has 0 saturated heterocycles. The van der Waals surface area contributed by atoms with Crippen LogP contribution in [-0.2, 0) is 12.6 Å². The van der Waals surface area contributed by atoms with Gasteiger partial charge in [-0.2, -0.15) is 13.2 Å². The molecule has 106 valence electrons. The van der Waals surface area contributed by atoms with E-state index in [1.165, 1.54) is 12.1 Å². The highest BCUT2D eigenvalue weighted by Crippen LogP contribution is 2.38. The maximum atomic E-state index is 12.9. The van der Waals surface area contributed by atoms with E-state index in [4.69, 9.17) is 11.6 Å². The molecular weight excluding hydrogens is 287 g/mol. The SMILES string of the molecule is FC(F)(F)c1cccc(Cl)c1NCCc1ccccc1. The smallest absolute Gasteiger partial charge is 0.383 e. The second-order valence-corrected chi connectivity index (χ2v) is 4.73. The molecule has 0 atom stereocenters. The quantitative estimate of drug-likeness (QED) is 0.836. The number of hydrogen-bond donors (Lipinski definition) is 1. The fourth-order valence-electron chi connectivity index (χ4n) is 1.92. The molecule has 0 aromatic heterocycles. The van der Waals surface area contributed by atoms with Gasteiger partial charge in [0.05, 0.1) is 16.3 Å². The van der Waals surface area contributed by atoms with Crippen molar-refractivity contribution in [2.24, 2.45) is 0 Å². The van der Waals surface area contributed by atoms with Gasteiger partial charge in [-0.25, -0.2) is 0 Å². The molecule has 20 heavy (non-hydrogen) atoms. The van der Waals surface area contributed by atoms with Crippen molar-refractivity contribution in [2.75, 3.05) is 11.9 Å². The minimum atomic E-state index is -4.42. The molecule has 0 heterocycles. The molecule has 0 fully saturated rings. The Bertz CT molecular complexity index is 567. The lowest BCUT2D eigenvalue weighted by Gasteiger charge is -2.15. The van der Waals surface area contributed by atoms with E-state index in [1.54, 1.807) is 0 Å². The molecule has 0 aliphatic heterocycles. The lowest BCUT2D eigenvalue weighted by Crippen LogP contribution is -2.13. The van der Waals surface area contributed by atoms with E-state index >= 15 is 0 Å². The predicted molar refractivity (Wildman–Crippen MR) is 75.1 cm³/mol. The molecule has 5 heteroatoms. The Labute approximate surface area is 120 Å². The summed E-state index contributed by atoms with van der Waals surface area (Å²) in [6, 6.07) is 13.3. The molecule has 0 bridgehead atoms. The first-order chi connectivity index (χ1) is 9.48. The van der Waals surface area contributed by atoms with E-state index in [1.807, 2.05) is 30.3 Å². The summed E-state index contributed by atoms with van der Waals surface area (Å²) in [5.41, 5.74) is 0.260. The van der Waals surface area contributed by atoms with Crippen LogP contribution in [-0.4, -0.2) is 6.54 Å². The number of rotatable bonds is 4. The van der Waals surface area contributed by atoms with E-state index < -0.39 is 11.7 Å². The summed E-state index contributed by atoms with van der Waals surface area (Å²) in [7, 11) is 0. The van der Waals surface area contributed by atoms with Crippen LogP contribution in [0.4, 0.5) is 18.9 Å². The van der Waals surface area contributed by atoms with Gasteiger partial charge in [-0.05, 0) is 24.1 Å². The first-order valence-electron chi connectivity index (χ1n) is 6.12. The highest BCUT2D eigenvalue weighted by Gasteiger charge is 2.34. The third-order valence-electron chi connectivity index (χ3n) is 2.88. The van der Waals surface area contributed by atoms with Gasteiger partial charge in [-0.15, -0.1) is 0 Å². The van der Waals surface area contributed by atoms with Crippen molar-refractivity contribution in [2.45, 2.75) is 12.6 Å². The Morgan fingerprint density at radius 1 is 0.950 bits per heavy atom. The molecule has 2 rings (SSSR count). The summed E-state index contributed by atoms with van der Waals surface area (Å²) in [4.78, 5) is 0. The van der Waals surface area contributed by atoms with Crippen molar-refractivity contribution in [1.29, 1.82) is 0 Å². The van der Waals surface area contributed by atoms with Gasteiger partial charge in [0.2, 0.25) is 0 Å². The van der Waals surface area contributed by atoms with Crippen molar-refractivity contribution in [3.63, 3.8) is 0 Å². The Kier molecular flexibility index (Phi) is 4.55. The molecular formula is C15H13ClF3N. The van der Waals surface area contributed by atoms with E-state index in [0.29, 0.717) is 13.0 Å². The number of halogens is 4. The fraction of sp³-hybridized carbons (Fsp3) is 0.200. The lowest BCUT2D eigenvalue weighted by molar-refractivity contribution is -0.136. The van der Waals surface area contributed by atoms with Gasteiger partial charge in [-0.1, -0.05) is 48.0 Å². The second-order valence-electron chi connectivity index (χ2n) is 4.32. The Morgan fingerprint density at radius 2 is 1.65 bits per heavy atom. The molecule has 0 saturated carbocycles. The van der Waals surface area contributed by atoms with E-state index in [0.717, 1.165) is 11.6 Å². The number of hydrogen-bond acceptors (Lipinski definition) is 1. The highest BCUT2D eigenvalue weighted by atomic mass is 35.5. The van der Waals surface area contributed by atoms with Gasteiger partial charge in [0.1, 0.15) is 0 Å². The van der Waals surface area contributed by atoms with Crippen molar-refractivity contribution < 1.29 is 13.2 Å². The molecule has 1 N–H and O–H groups in total. The second kappa shape index (κ2) is 6.18. The van der Waals surface area contributed by atoms with E-state index in [-0.39, 0.29) is 10.7 Å². The summed E-state index contributed by atoms with van der Waals surface area (Å²) in [5.74, 6) is 0. The largest absolute Gasteiger partial charge is 0.418 e. The molecule has 0 radical (unpaired) electrons. The van der Waals surface area contributed by atoms with Crippen LogP contribution in [0.5, 0.6) is 0 Å². The highest BCUT2D eigenvalue weighted by molar-refractivity contribution is 6.33. The van der Waals surface area contributed by atoms with Crippen LogP contribution in [0.25, 0.3) is 0 Å². The molecule has 0 unspecified atom stereocenters. The Morgan fingerprint density at radius 3 is 2.30 bits per heavy atom. The van der Waals surface area contributed by atoms with Crippen LogP contribution in [0.1, 0.15) is 11.1 Å². The van der Waals surface area contributed by atoms with Crippen molar-refractivity contribution >= 4 is 17.3 Å². The number of para-hydroxylation sites is 1. The summed E-state index contributed by atoms with van der Waals surface area (Å²) >= 11 is 5.85. The van der Waals surface area contributed by atoms with E-state index in [2.05, 4.69) is 5.32 Å². The topological polar surface area (TPSA) is 12.0 Å². The third kappa shape index (κ3) is 3.67. The minimum absolute atomic E-state index is 0.0578. The van der Waals surface area contributed by atoms with Gasteiger partial charge < -0.3 is 5.32 Å². The fourth-order valence-corrected chi connectivity index (χ4v) is 2.16. The minimum Gasteiger partial charge on any atom is -0.383 e. The first-order valence-corrected chi connectivity index (χ1v) is 6.50. The normalized spacial score (nSPS) is 11.4.